The number of para-hydroxylation sites is 1. The number of anilines is 2. The topological polar surface area (TPSA) is 119 Å². The van der Waals surface area contributed by atoms with Crippen LogP contribution >= 0.6 is 11.3 Å². The largest absolute Gasteiger partial charge is 0.457 e. The molecule has 10 nitrogen and oxygen atoms in total. The summed E-state index contributed by atoms with van der Waals surface area (Å²) in [5.41, 5.74) is 4.19. The lowest BCUT2D eigenvalue weighted by Crippen LogP contribution is -2.29. The fraction of sp³-hybridized carbons (Fsp3) is 0.226. The summed E-state index contributed by atoms with van der Waals surface area (Å²) in [7, 11) is 1.30. The Kier molecular flexibility index (Phi) is 8.12. The number of carbonyl (C=O) groups excluding carboxylic acids is 2. The first kappa shape index (κ1) is 28.6. The summed E-state index contributed by atoms with van der Waals surface area (Å²) < 4.78 is 13.4. The predicted octanol–water partition coefficient (Wildman–Crippen LogP) is 7.38. The van der Waals surface area contributed by atoms with Crippen molar-refractivity contribution in [3.8, 4) is 17.2 Å². The van der Waals surface area contributed by atoms with Crippen molar-refractivity contribution < 1.29 is 19.1 Å². The number of nitrogens with zero attached hydrogens (tertiary/aromatic N) is 3. The lowest BCUT2D eigenvalue weighted by Gasteiger charge is -2.14. The molecule has 3 amide bonds. The molecular formula is C31H32N6O4S. The number of benzene rings is 3. The van der Waals surface area contributed by atoms with Crippen LogP contribution in [0, 0.1) is 6.92 Å². The fourth-order valence-electron chi connectivity index (χ4n) is 4.09. The number of thiazole rings is 1. The molecule has 216 valence electrons. The van der Waals surface area contributed by atoms with Gasteiger partial charge in [-0.2, -0.15) is 5.10 Å². The maximum absolute atomic E-state index is 13.1. The molecule has 0 atom stereocenters. The molecule has 0 saturated heterocycles. The number of urea groups is 1. The first-order valence-corrected chi connectivity index (χ1v) is 14.1. The minimum absolute atomic E-state index is 0.194. The van der Waals surface area contributed by atoms with E-state index in [4.69, 9.17) is 9.84 Å². The zero-order chi connectivity index (χ0) is 29.9. The molecule has 2 heterocycles. The smallest absolute Gasteiger partial charge is 0.413 e. The van der Waals surface area contributed by atoms with E-state index >= 15 is 0 Å². The quantitative estimate of drug-likeness (QED) is 0.184. The molecule has 3 N–H and O–H groups in total. The molecule has 5 aromatic rings. The van der Waals surface area contributed by atoms with Crippen molar-refractivity contribution in [3.63, 3.8) is 0 Å². The van der Waals surface area contributed by atoms with Crippen molar-refractivity contribution in [1.29, 1.82) is 0 Å². The summed E-state index contributed by atoms with van der Waals surface area (Å²) in [5.74, 6) is 1.78. The number of hydrogen-bond donors (Lipinski definition) is 3. The SMILES string of the molecule is COC(=O)Nc1nc2ccc(Oc3ccccc3CNC(=O)Nc3cc(C(C)(C)C)nn3-c3ccc(C)cc3)cc2s1. The average Bonchev–Trinajstić information content (AvgIpc) is 3.56. The van der Waals surface area contributed by atoms with Crippen molar-refractivity contribution in [2.75, 3.05) is 17.7 Å². The Morgan fingerprint density at radius 3 is 2.48 bits per heavy atom. The number of nitrogens with one attached hydrogen (secondary N) is 3. The van der Waals surface area contributed by atoms with Gasteiger partial charge in [-0.3, -0.25) is 10.6 Å². The minimum atomic E-state index is -0.578. The van der Waals surface area contributed by atoms with Gasteiger partial charge in [0.2, 0.25) is 0 Å². The number of rotatable bonds is 7. The molecule has 0 fully saturated rings. The molecule has 0 aliphatic carbocycles. The highest BCUT2D eigenvalue weighted by Crippen LogP contribution is 2.32. The van der Waals surface area contributed by atoms with Crippen LogP contribution in [0.2, 0.25) is 0 Å². The molecule has 0 aliphatic rings. The average molecular weight is 585 g/mol. The highest BCUT2D eigenvalue weighted by molar-refractivity contribution is 7.22. The van der Waals surface area contributed by atoms with E-state index in [0.717, 1.165) is 32.7 Å². The summed E-state index contributed by atoms with van der Waals surface area (Å²) in [6.45, 7) is 8.52. The van der Waals surface area contributed by atoms with E-state index < -0.39 is 6.09 Å². The zero-order valence-electron chi connectivity index (χ0n) is 24.0. The van der Waals surface area contributed by atoms with E-state index in [1.54, 1.807) is 10.7 Å². The molecule has 3 aromatic carbocycles. The number of carbonyl (C=O) groups is 2. The normalized spacial score (nSPS) is 11.3. The van der Waals surface area contributed by atoms with Gasteiger partial charge in [-0.25, -0.2) is 19.3 Å². The molecule has 0 aliphatic heterocycles. The molecule has 42 heavy (non-hydrogen) atoms. The van der Waals surface area contributed by atoms with Crippen molar-refractivity contribution >= 4 is 44.6 Å². The van der Waals surface area contributed by atoms with Crippen LogP contribution in [0.15, 0.2) is 72.8 Å². The van der Waals surface area contributed by atoms with Crippen LogP contribution < -0.4 is 20.7 Å². The van der Waals surface area contributed by atoms with E-state index in [0.29, 0.717) is 22.4 Å². The Hall–Kier alpha value is -4.90. The molecule has 0 bridgehead atoms. The minimum Gasteiger partial charge on any atom is -0.457 e. The van der Waals surface area contributed by atoms with Gasteiger partial charge in [0.25, 0.3) is 0 Å². The molecule has 2 aromatic heterocycles. The van der Waals surface area contributed by atoms with Crippen molar-refractivity contribution in [2.24, 2.45) is 0 Å². The van der Waals surface area contributed by atoms with Crippen LogP contribution in [0.4, 0.5) is 20.5 Å². The third-order valence-electron chi connectivity index (χ3n) is 6.39. The highest BCUT2D eigenvalue weighted by atomic mass is 32.1. The van der Waals surface area contributed by atoms with Gasteiger partial charge in [0.1, 0.15) is 17.3 Å². The van der Waals surface area contributed by atoms with Crippen LogP contribution in [0.3, 0.4) is 0 Å². The maximum Gasteiger partial charge on any atom is 0.413 e. The second-order valence-electron chi connectivity index (χ2n) is 10.7. The Balaban J connectivity index is 1.29. The molecule has 5 rings (SSSR count). The summed E-state index contributed by atoms with van der Waals surface area (Å²) in [6, 6.07) is 22.5. The molecule has 0 radical (unpaired) electrons. The van der Waals surface area contributed by atoms with Crippen LogP contribution in [-0.4, -0.2) is 34.0 Å². The van der Waals surface area contributed by atoms with E-state index in [1.807, 2.05) is 73.7 Å². The van der Waals surface area contributed by atoms with E-state index in [9.17, 15) is 9.59 Å². The van der Waals surface area contributed by atoms with Gasteiger partial charge >= 0.3 is 12.1 Å². The van der Waals surface area contributed by atoms with Crippen molar-refractivity contribution in [3.05, 3.63) is 89.6 Å². The number of aryl methyl sites for hydroxylation is 1. The number of ether oxygens (including phenoxy) is 2. The maximum atomic E-state index is 13.1. The summed E-state index contributed by atoms with van der Waals surface area (Å²) in [6.07, 6.45) is -0.578. The fourth-order valence-corrected chi connectivity index (χ4v) is 4.97. The van der Waals surface area contributed by atoms with Crippen LogP contribution in [-0.2, 0) is 16.7 Å². The molecule has 0 saturated carbocycles. The van der Waals surface area contributed by atoms with Crippen LogP contribution in [0.1, 0.15) is 37.6 Å². The molecule has 0 unspecified atom stereocenters. The number of methoxy groups -OCH3 is 1. The second-order valence-corrected chi connectivity index (χ2v) is 11.7. The summed E-state index contributed by atoms with van der Waals surface area (Å²) >= 11 is 1.31. The summed E-state index contributed by atoms with van der Waals surface area (Å²) in [4.78, 5) is 29.0. The van der Waals surface area contributed by atoms with Gasteiger partial charge in [-0.1, -0.05) is 68.0 Å². The lowest BCUT2D eigenvalue weighted by molar-refractivity contribution is 0.187. The van der Waals surface area contributed by atoms with Gasteiger partial charge in [0.15, 0.2) is 5.13 Å². The van der Waals surface area contributed by atoms with E-state index in [1.165, 1.54) is 18.4 Å². The standard InChI is InChI=1S/C31H32N6O4S/c1-19-10-12-21(13-11-19)37-27(17-26(36-37)31(2,3)4)34-28(38)32-18-20-8-6-7-9-24(20)41-22-14-15-23-25(16-22)42-29(33-23)35-30(39)40-5/h6-17H,18H2,1-5H3,(H2,32,34,38)(H,33,35,39). The van der Waals surface area contributed by atoms with Gasteiger partial charge in [0, 0.05) is 29.7 Å². The number of fused-ring (bicyclic) bond motifs is 1. The predicted molar refractivity (Wildman–Crippen MR) is 165 cm³/mol. The number of hydrogen-bond acceptors (Lipinski definition) is 7. The van der Waals surface area contributed by atoms with E-state index in [2.05, 4.69) is 46.4 Å². The third-order valence-corrected chi connectivity index (χ3v) is 7.33. The van der Waals surface area contributed by atoms with Crippen LogP contribution in [0.25, 0.3) is 15.9 Å². The second kappa shape index (κ2) is 11.9. The van der Waals surface area contributed by atoms with Crippen LogP contribution in [0.5, 0.6) is 11.5 Å². The van der Waals surface area contributed by atoms with E-state index in [-0.39, 0.29) is 18.0 Å². The third kappa shape index (κ3) is 6.69. The highest BCUT2D eigenvalue weighted by Gasteiger charge is 2.21. The molecule has 0 spiro atoms. The Morgan fingerprint density at radius 2 is 1.74 bits per heavy atom. The first-order chi connectivity index (χ1) is 20.1. The van der Waals surface area contributed by atoms with Gasteiger partial charge in [-0.05, 0) is 37.3 Å². The summed E-state index contributed by atoms with van der Waals surface area (Å²) in [5, 5.41) is 13.7. The Bertz CT molecular complexity index is 1740. The number of aromatic nitrogens is 3. The Labute approximate surface area is 247 Å². The lowest BCUT2D eigenvalue weighted by atomic mass is 9.92. The van der Waals surface area contributed by atoms with Crippen molar-refractivity contribution in [2.45, 2.75) is 39.7 Å². The molecule has 11 heteroatoms. The molecular weight excluding hydrogens is 552 g/mol. The Morgan fingerprint density at radius 1 is 0.976 bits per heavy atom. The van der Waals surface area contributed by atoms with Gasteiger partial charge < -0.3 is 14.8 Å². The number of amides is 3. The van der Waals surface area contributed by atoms with Gasteiger partial charge in [0.05, 0.1) is 28.7 Å². The van der Waals surface area contributed by atoms with Crippen molar-refractivity contribution in [1.82, 2.24) is 20.1 Å². The van der Waals surface area contributed by atoms with Gasteiger partial charge in [-0.15, -0.1) is 0 Å². The zero-order valence-corrected chi connectivity index (χ0v) is 24.8. The monoisotopic (exact) mass is 584 g/mol. The first-order valence-electron chi connectivity index (χ1n) is 13.3.